The highest BCUT2D eigenvalue weighted by molar-refractivity contribution is 5.77. The molecule has 0 aliphatic carbocycles. The minimum atomic E-state index is 0.631. The largest absolute Gasteiger partial charge is 0.497 e. The highest BCUT2D eigenvalue weighted by atomic mass is 16.5. The number of fused-ring (bicyclic) bond motifs is 1. The van der Waals surface area contributed by atoms with Gasteiger partial charge in [-0.1, -0.05) is 60.7 Å². The number of aromatic nitrogens is 4. The van der Waals surface area contributed by atoms with E-state index in [9.17, 15) is 0 Å². The van der Waals surface area contributed by atoms with Crippen molar-refractivity contribution in [1.82, 2.24) is 20.0 Å². The molecule has 0 fully saturated rings. The van der Waals surface area contributed by atoms with Gasteiger partial charge in [-0.15, -0.1) is 5.10 Å². The Morgan fingerprint density at radius 3 is 2.08 bits per heavy atom. The van der Waals surface area contributed by atoms with E-state index in [4.69, 9.17) is 9.15 Å². The summed E-state index contributed by atoms with van der Waals surface area (Å²) in [4.78, 5) is 6.18. The maximum absolute atomic E-state index is 5.86. The Morgan fingerprint density at radius 1 is 0.750 bits per heavy atom. The maximum Gasteiger partial charge on any atom is 0.227 e. The van der Waals surface area contributed by atoms with E-state index in [2.05, 4.69) is 63.7 Å². The number of rotatable bonds is 6. The fourth-order valence-electron chi connectivity index (χ4n) is 3.93. The summed E-state index contributed by atoms with van der Waals surface area (Å²) in [6, 6.07) is 31.9. The van der Waals surface area contributed by atoms with E-state index in [1.807, 2.05) is 60.7 Å². The zero-order valence-electron chi connectivity index (χ0n) is 19.6. The summed E-state index contributed by atoms with van der Waals surface area (Å²) in [6.07, 6.45) is 5.95. The minimum absolute atomic E-state index is 0.631. The molecule has 4 aromatic carbocycles. The Hall–Kier alpha value is -4.97. The summed E-state index contributed by atoms with van der Waals surface area (Å²) in [5, 5.41) is 9.01. The van der Waals surface area contributed by atoms with Crippen molar-refractivity contribution >= 4 is 23.3 Å². The van der Waals surface area contributed by atoms with Crippen LogP contribution in [0.25, 0.3) is 51.7 Å². The monoisotopic (exact) mass is 470 g/mol. The Bertz CT molecular complexity index is 1610. The van der Waals surface area contributed by atoms with E-state index in [0.29, 0.717) is 5.89 Å². The van der Waals surface area contributed by atoms with Gasteiger partial charge in [0.05, 0.1) is 19.0 Å². The van der Waals surface area contributed by atoms with Crippen LogP contribution in [0.2, 0.25) is 0 Å². The van der Waals surface area contributed by atoms with Crippen LogP contribution in [0, 0.1) is 0 Å². The van der Waals surface area contributed by atoms with Crippen LogP contribution in [0.5, 0.6) is 5.75 Å². The normalized spacial score (nSPS) is 11.4. The molecule has 0 radical (unpaired) electrons. The molecule has 0 aliphatic heterocycles. The second-order valence-electron chi connectivity index (χ2n) is 8.28. The number of hydrogen-bond acceptors (Lipinski definition) is 5. The molecule has 0 bridgehead atoms. The van der Waals surface area contributed by atoms with Gasteiger partial charge in [-0.05, 0) is 59.7 Å². The van der Waals surface area contributed by atoms with Gasteiger partial charge in [0.2, 0.25) is 5.89 Å². The summed E-state index contributed by atoms with van der Waals surface area (Å²) in [5.74, 6) is 1.43. The van der Waals surface area contributed by atoms with Crippen LogP contribution in [-0.4, -0.2) is 27.1 Å². The third-order valence-electron chi connectivity index (χ3n) is 5.92. The molecule has 0 amide bonds. The molecule has 6 heteroatoms. The lowest BCUT2D eigenvalue weighted by atomic mass is 10.1. The molecule has 0 spiro atoms. The molecular weight excluding hydrogens is 448 g/mol. The summed E-state index contributed by atoms with van der Waals surface area (Å²) in [5.41, 5.74) is 7.52. The van der Waals surface area contributed by atoms with Crippen molar-refractivity contribution in [2.24, 2.45) is 0 Å². The average molecular weight is 471 g/mol. The molecule has 0 unspecified atom stereocenters. The fourth-order valence-corrected chi connectivity index (χ4v) is 3.93. The van der Waals surface area contributed by atoms with Gasteiger partial charge < -0.3 is 9.15 Å². The van der Waals surface area contributed by atoms with Crippen molar-refractivity contribution in [3.8, 4) is 34.1 Å². The van der Waals surface area contributed by atoms with Crippen molar-refractivity contribution in [1.29, 1.82) is 0 Å². The number of nitrogens with zero attached hydrogens (tertiary/aromatic N) is 4. The van der Waals surface area contributed by atoms with Gasteiger partial charge >= 0.3 is 0 Å². The number of para-hydroxylation sites is 2. The summed E-state index contributed by atoms with van der Waals surface area (Å²) in [7, 11) is 1.65. The Balaban J connectivity index is 1.14. The first-order valence-electron chi connectivity index (χ1n) is 11.6. The highest BCUT2D eigenvalue weighted by Gasteiger charge is 2.08. The first-order chi connectivity index (χ1) is 17.7. The standard InChI is InChI=1S/C30H22N4O2/c1-35-26-18-16-25(17-19-26)34-31-20-28(33-34)23-12-8-21(9-13-23)6-7-22-10-14-24(15-11-22)30-32-27-4-2-3-5-29(27)36-30/h2-20H,1H3. The zero-order chi connectivity index (χ0) is 24.3. The van der Waals surface area contributed by atoms with E-state index >= 15 is 0 Å². The quantitative estimate of drug-likeness (QED) is 0.247. The van der Waals surface area contributed by atoms with E-state index in [1.165, 1.54) is 0 Å². The second-order valence-corrected chi connectivity index (χ2v) is 8.28. The predicted molar refractivity (Wildman–Crippen MR) is 142 cm³/mol. The minimum Gasteiger partial charge on any atom is -0.497 e. The molecule has 36 heavy (non-hydrogen) atoms. The van der Waals surface area contributed by atoms with Crippen LogP contribution in [0.3, 0.4) is 0 Å². The first kappa shape index (κ1) is 21.6. The lowest BCUT2D eigenvalue weighted by Crippen LogP contribution is -1.98. The van der Waals surface area contributed by atoms with Crippen LogP contribution >= 0.6 is 0 Å². The SMILES string of the molecule is COc1ccc(-n2ncc(-c3ccc(C=Cc4ccc(-c5nc6ccccc6o5)cc4)cc3)n2)cc1. The summed E-state index contributed by atoms with van der Waals surface area (Å²) in [6.45, 7) is 0. The van der Waals surface area contributed by atoms with E-state index in [1.54, 1.807) is 18.1 Å². The molecule has 0 aliphatic rings. The van der Waals surface area contributed by atoms with Gasteiger partial charge in [0.1, 0.15) is 17.0 Å². The van der Waals surface area contributed by atoms with Crippen LogP contribution in [0.4, 0.5) is 0 Å². The van der Waals surface area contributed by atoms with Gasteiger partial charge in [-0.25, -0.2) is 4.98 Å². The highest BCUT2D eigenvalue weighted by Crippen LogP contribution is 2.25. The molecule has 174 valence electrons. The van der Waals surface area contributed by atoms with Gasteiger partial charge in [0.25, 0.3) is 0 Å². The maximum atomic E-state index is 5.86. The lowest BCUT2D eigenvalue weighted by molar-refractivity contribution is 0.414. The van der Waals surface area contributed by atoms with Gasteiger partial charge in [0, 0.05) is 11.1 Å². The van der Waals surface area contributed by atoms with Crippen LogP contribution in [0.15, 0.2) is 108 Å². The molecular formula is C30H22N4O2. The van der Waals surface area contributed by atoms with Crippen molar-refractivity contribution in [3.63, 3.8) is 0 Å². The van der Waals surface area contributed by atoms with E-state index in [0.717, 1.165) is 50.5 Å². The topological polar surface area (TPSA) is 66.0 Å². The molecule has 2 heterocycles. The number of hydrogen-bond donors (Lipinski definition) is 0. The fraction of sp³-hybridized carbons (Fsp3) is 0.0333. The Morgan fingerprint density at radius 2 is 1.42 bits per heavy atom. The smallest absolute Gasteiger partial charge is 0.227 e. The third kappa shape index (κ3) is 4.40. The summed E-state index contributed by atoms with van der Waals surface area (Å²) < 4.78 is 11.1. The molecule has 0 N–H and O–H groups in total. The van der Waals surface area contributed by atoms with Crippen molar-refractivity contribution in [2.45, 2.75) is 0 Å². The van der Waals surface area contributed by atoms with Gasteiger partial charge in [-0.2, -0.15) is 9.90 Å². The molecule has 0 atom stereocenters. The zero-order valence-corrected chi connectivity index (χ0v) is 19.6. The molecule has 6 aromatic rings. The number of methoxy groups -OCH3 is 1. The lowest BCUT2D eigenvalue weighted by Gasteiger charge is -2.02. The number of benzene rings is 4. The van der Waals surface area contributed by atoms with Crippen molar-refractivity contribution in [3.05, 3.63) is 114 Å². The molecule has 2 aromatic heterocycles. The molecule has 6 rings (SSSR count). The molecule has 0 saturated heterocycles. The Kier molecular flexibility index (Phi) is 5.60. The Labute approximate surface area is 208 Å². The van der Waals surface area contributed by atoms with E-state index < -0.39 is 0 Å². The first-order valence-corrected chi connectivity index (χ1v) is 11.6. The van der Waals surface area contributed by atoms with Gasteiger partial charge in [0.15, 0.2) is 5.58 Å². The van der Waals surface area contributed by atoms with Gasteiger partial charge in [-0.3, -0.25) is 0 Å². The second kappa shape index (κ2) is 9.35. The van der Waals surface area contributed by atoms with E-state index in [-0.39, 0.29) is 0 Å². The molecule has 6 nitrogen and oxygen atoms in total. The van der Waals surface area contributed by atoms with Crippen molar-refractivity contribution < 1.29 is 9.15 Å². The molecule has 0 saturated carbocycles. The predicted octanol–water partition coefficient (Wildman–Crippen LogP) is 6.92. The summed E-state index contributed by atoms with van der Waals surface area (Å²) >= 11 is 0. The average Bonchev–Trinajstić information content (AvgIpc) is 3.61. The van der Waals surface area contributed by atoms with Crippen LogP contribution in [0.1, 0.15) is 11.1 Å². The van der Waals surface area contributed by atoms with Crippen LogP contribution in [-0.2, 0) is 0 Å². The number of oxazole rings is 1. The van der Waals surface area contributed by atoms with Crippen molar-refractivity contribution in [2.75, 3.05) is 7.11 Å². The third-order valence-corrected chi connectivity index (χ3v) is 5.92. The number of ether oxygens (including phenoxy) is 1. The van der Waals surface area contributed by atoms with Crippen LogP contribution < -0.4 is 4.74 Å².